The van der Waals surface area contributed by atoms with E-state index in [-0.39, 0.29) is 11.9 Å². The fraction of sp³-hybridized carbons (Fsp3) is 0.588. The van der Waals surface area contributed by atoms with Gasteiger partial charge in [0.15, 0.2) is 0 Å². The van der Waals surface area contributed by atoms with E-state index in [1.165, 1.54) is 5.56 Å². The number of likely N-dealkylation sites (tertiary alicyclic amines) is 1. The zero-order valence-electron chi connectivity index (χ0n) is 13.0. The van der Waals surface area contributed by atoms with Crippen molar-refractivity contribution in [2.45, 2.75) is 26.2 Å². The SMILES string of the molecule is CCOC(=O)[C@H]1CCCN(CCc2ccc(OC)cc2)C1. The Morgan fingerprint density at radius 3 is 2.76 bits per heavy atom. The highest BCUT2D eigenvalue weighted by molar-refractivity contribution is 5.72. The Balaban J connectivity index is 1.80. The predicted molar refractivity (Wildman–Crippen MR) is 82.5 cm³/mol. The smallest absolute Gasteiger partial charge is 0.310 e. The molecular weight excluding hydrogens is 266 g/mol. The number of esters is 1. The number of piperidine rings is 1. The molecule has 4 nitrogen and oxygen atoms in total. The van der Waals surface area contributed by atoms with Gasteiger partial charge in [-0.05, 0) is 50.4 Å². The van der Waals surface area contributed by atoms with E-state index >= 15 is 0 Å². The van der Waals surface area contributed by atoms with Gasteiger partial charge in [0.1, 0.15) is 5.75 Å². The van der Waals surface area contributed by atoms with Crippen LogP contribution in [-0.2, 0) is 16.0 Å². The first kappa shape index (κ1) is 15.8. The summed E-state index contributed by atoms with van der Waals surface area (Å²) < 4.78 is 10.3. The lowest BCUT2D eigenvalue weighted by atomic mass is 9.98. The molecule has 1 heterocycles. The summed E-state index contributed by atoms with van der Waals surface area (Å²) in [7, 11) is 1.68. The Morgan fingerprint density at radius 2 is 2.10 bits per heavy atom. The van der Waals surface area contributed by atoms with E-state index in [0.29, 0.717) is 6.61 Å². The number of hydrogen-bond acceptors (Lipinski definition) is 4. The Bertz CT molecular complexity index is 444. The van der Waals surface area contributed by atoms with E-state index in [1.807, 2.05) is 19.1 Å². The molecule has 0 amide bonds. The maximum atomic E-state index is 11.8. The van der Waals surface area contributed by atoms with Crippen LogP contribution in [0.3, 0.4) is 0 Å². The highest BCUT2D eigenvalue weighted by atomic mass is 16.5. The molecule has 1 fully saturated rings. The molecule has 1 atom stereocenters. The van der Waals surface area contributed by atoms with Gasteiger partial charge in [-0.1, -0.05) is 12.1 Å². The molecule has 1 aliphatic heterocycles. The average Bonchev–Trinajstić information content (AvgIpc) is 2.54. The van der Waals surface area contributed by atoms with Gasteiger partial charge in [0.25, 0.3) is 0 Å². The van der Waals surface area contributed by atoms with Crippen LogP contribution in [0.5, 0.6) is 5.75 Å². The van der Waals surface area contributed by atoms with Crippen LogP contribution in [0.25, 0.3) is 0 Å². The van der Waals surface area contributed by atoms with E-state index in [2.05, 4.69) is 17.0 Å². The van der Waals surface area contributed by atoms with Crippen molar-refractivity contribution in [1.82, 2.24) is 4.90 Å². The van der Waals surface area contributed by atoms with E-state index in [4.69, 9.17) is 9.47 Å². The van der Waals surface area contributed by atoms with Gasteiger partial charge in [-0.2, -0.15) is 0 Å². The van der Waals surface area contributed by atoms with Crippen molar-refractivity contribution < 1.29 is 14.3 Å². The van der Waals surface area contributed by atoms with E-state index in [9.17, 15) is 4.79 Å². The first-order valence-electron chi connectivity index (χ1n) is 7.75. The van der Waals surface area contributed by atoms with Crippen molar-refractivity contribution in [2.75, 3.05) is 33.4 Å². The summed E-state index contributed by atoms with van der Waals surface area (Å²) in [5.41, 5.74) is 1.30. The second kappa shape index (κ2) is 8.03. The van der Waals surface area contributed by atoms with Gasteiger partial charge in [0.2, 0.25) is 0 Å². The number of ether oxygens (including phenoxy) is 2. The second-order valence-corrected chi connectivity index (χ2v) is 5.49. The number of nitrogens with zero attached hydrogens (tertiary/aromatic N) is 1. The van der Waals surface area contributed by atoms with Gasteiger partial charge in [-0.15, -0.1) is 0 Å². The number of benzene rings is 1. The largest absolute Gasteiger partial charge is 0.497 e. The molecule has 116 valence electrons. The molecule has 21 heavy (non-hydrogen) atoms. The van der Waals surface area contributed by atoms with Crippen LogP contribution in [0.1, 0.15) is 25.3 Å². The molecule has 2 rings (SSSR count). The highest BCUT2D eigenvalue weighted by Gasteiger charge is 2.26. The Kier molecular flexibility index (Phi) is 6.05. The van der Waals surface area contributed by atoms with E-state index in [0.717, 1.165) is 44.6 Å². The third kappa shape index (κ3) is 4.74. The van der Waals surface area contributed by atoms with E-state index < -0.39 is 0 Å². The molecule has 0 unspecified atom stereocenters. The second-order valence-electron chi connectivity index (χ2n) is 5.49. The Hall–Kier alpha value is -1.55. The Labute approximate surface area is 127 Å². The van der Waals surface area contributed by atoms with Crippen molar-refractivity contribution >= 4 is 5.97 Å². The van der Waals surface area contributed by atoms with Crippen molar-refractivity contribution in [3.63, 3.8) is 0 Å². The molecule has 1 aliphatic rings. The van der Waals surface area contributed by atoms with Crippen molar-refractivity contribution in [3.8, 4) is 5.75 Å². The topological polar surface area (TPSA) is 38.8 Å². The molecule has 0 spiro atoms. The van der Waals surface area contributed by atoms with Crippen molar-refractivity contribution in [3.05, 3.63) is 29.8 Å². The number of rotatable bonds is 6. The van der Waals surface area contributed by atoms with Gasteiger partial charge in [0.05, 0.1) is 19.6 Å². The van der Waals surface area contributed by atoms with Crippen molar-refractivity contribution in [1.29, 1.82) is 0 Å². The van der Waals surface area contributed by atoms with Crippen LogP contribution in [0, 0.1) is 5.92 Å². The molecular formula is C17H25NO3. The molecule has 0 aliphatic carbocycles. The molecule has 1 aromatic rings. The molecule has 1 aromatic carbocycles. The molecule has 0 bridgehead atoms. The molecule has 0 saturated carbocycles. The lowest BCUT2D eigenvalue weighted by molar-refractivity contribution is -0.149. The summed E-state index contributed by atoms with van der Waals surface area (Å²) in [5.74, 6) is 0.903. The zero-order chi connectivity index (χ0) is 15.1. The number of methoxy groups -OCH3 is 1. The van der Waals surface area contributed by atoms with Crippen LogP contribution in [-0.4, -0.2) is 44.2 Å². The van der Waals surface area contributed by atoms with Crippen LogP contribution in [0.15, 0.2) is 24.3 Å². The van der Waals surface area contributed by atoms with Gasteiger partial charge < -0.3 is 14.4 Å². The number of carbonyl (C=O) groups is 1. The molecule has 4 heteroatoms. The minimum absolute atomic E-state index is 0.0355. The lowest BCUT2D eigenvalue weighted by Crippen LogP contribution is -2.40. The fourth-order valence-corrected chi connectivity index (χ4v) is 2.79. The van der Waals surface area contributed by atoms with Crippen molar-refractivity contribution in [2.24, 2.45) is 5.92 Å². The van der Waals surface area contributed by atoms with Gasteiger partial charge >= 0.3 is 5.97 Å². The van der Waals surface area contributed by atoms with Gasteiger partial charge in [-0.25, -0.2) is 0 Å². The molecule has 1 saturated heterocycles. The summed E-state index contributed by atoms with van der Waals surface area (Å²) in [6.45, 7) is 5.23. The summed E-state index contributed by atoms with van der Waals surface area (Å²) in [5, 5.41) is 0. The monoisotopic (exact) mass is 291 g/mol. The maximum absolute atomic E-state index is 11.8. The first-order chi connectivity index (χ1) is 10.2. The molecule has 0 N–H and O–H groups in total. The quantitative estimate of drug-likeness (QED) is 0.755. The summed E-state index contributed by atoms with van der Waals surface area (Å²) in [4.78, 5) is 14.2. The third-order valence-electron chi connectivity index (χ3n) is 4.00. The predicted octanol–water partition coefficient (Wildman–Crippen LogP) is 2.51. The summed E-state index contributed by atoms with van der Waals surface area (Å²) >= 11 is 0. The van der Waals surface area contributed by atoms with Gasteiger partial charge in [-0.3, -0.25) is 4.79 Å². The number of hydrogen-bond donors (Lipinski definition) is 0. The van der Waals surface area contributed by atoms with E-state index in [1.54, 1.807) is 7.11 Å². The lowest BCUT2D eigenvalue weighted by Gasteiger charge is -2.31. The third-order valence-corrected chi connectivity index (χ3v) is 4.00. The standard InChI is InChI=1S/C17H25NO3/c1-3-21-17(19)15-5-4-11-18(13-15)12-10-14-6-8-16(20-2)9-7-14/h6-9,15H,3-5,10-13H2,1-2H3/t15-/m0/s1. The fourth-order valence-electron chi connectivity index (χ4n) is 2.79. The Morgan fingerprint density at radius 1 is 1.33 bits per heavy atom. The molecule has 0 aromatic heterocycles. The zero-order valence-corrected chi connectivity index (χ0v) is 13.0. The maximum Gasteiger partial charge on any atom is 0.310 e. The first-order valence-corrected chi connectivity index (χ1v) is 7.75. The minimum atomic E-state index is -0.0355. The van der Waals surface area contributed by atoms with Crippen LogP contribution in [0.4, 0.5) is 0 Å². The van der Waals surface area contributed by atoms with Crippen LogP contribution >= 0.6 is 0 Å². The average molecular weight is 291 g/mol. The van der Waals surface area contributed by atoms with Gasteiger partial charge in [0, 0.05) is 13.1 Å². The van der Waals surface area contributed by atoms with Crippen LogP contribution in [0.2, 0.25) is 0 Å². The highest BCUT2D eigenvalue weighted by Crippen LogP contribution is 2.19. The normalized spacial score (nSPS) is 19.2. The van der Waals surface area contributed by atoms with Crippen LogP contribution < -0.4 is 4.74 Å². The number of carbonyl (C=O) groups excluding carboxylic acids is 1. The summed E-state index contributed by atoms with van der Waals surface area (Å²) in [6.07, 6.45) is 3.03. The summed E-state index contributed by atoms with van der Waals surface area (Å²) in [6, 6.07) is 8.19. The minimum Gasteiger partial charge on any atom is -0.497 e. The molecule has 0 radical (unpaired) electrons.